The van der Waals surface area contributed by atoms with Crippen LogP contribution in [0.2, 0.25) is 0 Å². The maximum Gasteiger partial charge on any atom is 0.270 e. The zero-order valence-electron chi connectivity index (χ0n) is 19.1. The van der Waals surface area contributed by atoms with Crippen LogP contribution in [0.15, 0.2) is 47.4 Å². The Balaban J connectivity index is 1.74. The number of amides is 1. The summed E-state index contributed by atoms with van der Waals surface area (Å²) in [5.74, 6) is 0.419. The third-order valence-electron chi connectivity index (χ3n) is 6.27. The molecule has 1 atom stereocenters. The molecule has 4 rings (SSSR count). The normalized spacial score (nSPS) is 21.9. The van der Waals surface area contributed by atoms with Crippen molar-refractivity contribution in [2.45, 2.75) is 65.5 Å². The van der Waals surface area contributed by atoms with Crippen LogP contribution in [0.25, 0.3) is 6.08 Å². The highest BCUT2D eigenvalue weighted by atomic mass is 32.2. The van der Waals surface area contributed by atoms with Gasteiger partial charge in [-0.15, -0.1) is 0 Å². The molecule has 2 aromatic carbocycles. The van der Waals surface area contributed by atoms with E-state index in [1.165, 1.54) is 28.6 Å². The largest absolute Gasteiger partial charge is 0.364 e. The predicted octanol–water partition coefficient (Wildman–Crippen LogP) is 6.90. The first-order chi connectivity index (χ1) is 14.6. The Kier molecular flexibility index (Phi) is 5.78. The molecule has 1 saturated heterocycles. The van der Waals surface area contributed by atoms with E-state index in [0.29, 0.717) is 21.2 Å². The number of benzene rings is 2. The molecule has 3 nitrogen and oxygen atoms in total. The molecular formula is C26H30N2OS2. The summed E-state index contributed by atoms with van der Waals surface area (Å²) >= 11 is 6.91. The van der Waals surface area contributed by atoms with E-state index in [9.17, 15) is 4.79 Å². The molecule has 0 bridgehead atoms. The van der Waals surface area contributed by atoms with E-state index >= 15 is 0 Å². The second kappa shape index (κ2) is 8.10. The summed E-state index contributed by atoms with van der Waals surface area (Å²) in [4.78, 5) is 18.0. The van der Waals surface area contributed by atoms with E-state index in [2.05, 4.69) is 58.6 Å². The highest BCUT2D eigenvalue weighted by Crippen LogP contribution is 2.46. The van der Waals surface area contributed by atoms with Gasteiger partial charge in [-0.2, -0.15) is 0 Å². The Morgan fingerprint density at radius 1 is 1.19 bits per heavy atom. The first-order valence-electron chi connectivity index (χ1n) is 10.9. The summed E-state index contributed by atoms with van der Waals surface area (Å²) in [6, 6.07) is 14.6. The summed E-state index contributed by atoms with van der Waals surface area (Å²) in [5.41, 5.74) is 5.90. The average molecular weight is 451 g/mol. The minimum atomic E-state index is -0.0451. The number of para-hydroxylation sites is 1. The molecule has 31 heavy (non-hydrogen) atoms. The van der Waals surface area contributed by atoms with E-state index in [1.807, 2.05) is 36.4 Å². The van der Waals surface area contributed by atoms with Crippen molar-refractivity contribution in [3.8, 4) is 0 Å². The Bertz CT molecular complexity index is 1070. The van der Waals surface area contributed by atoms with Gasteiger partial charge in [-0.05, 0) is 94.0 Å². The van der Waals surface area contributed by atoms with Gasteiger partial charge in [-0.25, -0.2) is 0 Å². The molecule has 2 aliphatic rings. The van der Waals surface area contributed by atoms with Crippen LogP contribution in [-0.4, -0.2) is 21.8 Å². The SMILES string of the molecule is Cc1cc2c(cc1/C=C1\SC(=S)N(c3ccccc3)C1=O)[C@H](C)CC(C)(C)N2C(C)C. The number of carbonyl (C=O) groups excluding carboxylic acids is 1. The molecule has 2 aliphatic heterocycles. The predicted molar refractivity (Wildman–Crippen MR) is 138 cm³/mol. The first-order valence-corrected chi connectivity index (χ1v) is 12.1. The second-order valence-electron chi connectivity index (χ2n) is 9.50. The quantitative estimate of drug-likeness (QED) is 0.375. The lowest BCUT2D eigenvalue weighted by Crippen LogP contribution is -2.51. The summed E-state index contributed by atoms with van der Waals surface area (Å²) in [6.45, 7) is 13.6. The van der Waals surface area contributed by atoms with Gasteiger partial charge in [0.05, 0.1) is 10.6 Å². The molecule has 0 unspecified atom stereocenters. The monoisotopic (exact) mass is 450 g/mol. The number of aryl methyl sites for hydroxylation is 1. The van der Waals surface area contributed by atoms with Gasteiger partial charge in [0, 0.05) is 17.3 Å². The number of rotatable bonds is 3. The van der Waals surface area contributed by atoms with Gasteiger partial charge < -0.3 is 4.90 Å². The Morgan fingerprint density at radius 3 is 2.52 bits per heavy atom. The van der Waals surface area contributed by atoms with Crippen molar-refractivity contribution in [3.63, 3.8) is 0 Å². The smallest absolute Gasteiger partial charge is 0.270 e. The van der Waals surface area contributed by atoms with Crippen LogP contribution < -0.4 is 9.80 Å². The molecule has 0 spiro atoms. The third kappa shape index (κ3) is 3.94. The van der Waals surface area contributed by atoms with E-state index in [0.717, 1.165) is 17.7 Å². The van der Waals surface area contributed by atoms with Gasteiger partial charge in [0.15, 0.2) is 4.32 Å². The van der Waals surface area contributed by atoms with Crippen molar-refractivity contribution in [3.05, 3.63) is 64.1 Å². The van der Waals surface area contributed by atoms with Crippen LogP contribution in [0.5, 0.6) is 0 Å². The standard InChI is InChI=1S/C26H30N2OS2/c1-16(2)28-22-12-17(3)19(13-21(22)18(4)15-26(28,5)6)14-23-24(29)27(25(30)31-23)20-10-8-7-9-11-20/h7-14,16,18H,15H2,1-6H3/b23-14-/t18-/m1/s1. The van der Waals surface area contributed by atoms with Crippen LogP contribution >= 0.6 is 24.0 Å². The zero-order valence-corrected chi connectivity index (χ0v) is 20.7. The fraction of sp³-hybridized carbons (Fsp3) is 0.385. The van der Waals surface area contributed by atoms with Gasteiger partial charge in [-0.1, -0.05) is 49.1 Å². The minimum absolute atomic E-state index is 0.0451. The molecule has 0 saturated carbocycles. The van der Waals surface area contributed by atoms with E-state index in [4.69, 9.17) is 12.2 Å². The minimum Gasteiger partial charge on any atom is -0.364 e. The highest BCUT2D eigenvalue weighted by molar-refractivity contribution is 8.27. The van der Waals surface area contributed by atoms with Crippen LogP contribution in [-0.2, 0) is 4.79 Å². The van der Waals surface area contributed by atoms with E-state index in [-0.39, 0.29) is 11.4 Å². The summed E-state index contributed by atoms with van der Waals surface area (Å²) < 4.78 is 0.583. The number of hydrogen-bond donors (Lipinski definition) is 0. The van der Waals surface area contributed by atoms with Gasteiger partial charge in [0.2, 0.25) is 0 Å². The van der Waals surface area contributed by atoms with Crippen LogP contribution in [0.3, 0.4) is 0 Å². The second-order valence-corrected chi connectivity index (χ2v) is 11.2. The van der Waals surface area contributed by atoms with Crippen LogP contribution in [0.4, 0.5) is 11.4 Å². The van der Waals surface area contributed by atoms with E-state index < -0.39 is 0 Å². The van der Waals surface area contributed by atoms with Gasteiger partial charge >= 0.3 is 0 Å². The molecular weight excluding hydrogens is 420 g/mol. The molecule has 0 N–H and O–H groups in total. The molecule has 5 heteroatoms. The number of thiocarbonyl (C=S) groups is 1. The number of thioether (sulfide) groups is 1. The first kappa shape index (κ1) is 22.1. The average Bonchev–Trinajstić information content (AvgIpc) is 2.96. The fourth-order valence-electron chi connectivity index (χ4n) is 5.16. The van der Waals surface area contributed by atoms with Gasteiger partial charge in [-0.3, -0.25) is 9.69 Å². The molecule has 0 aliphatic carbocycles. The van der Waals surface area contributed by atoms with Crippen LogP contribution in [0, 0.1) is 6.92 Å². The lowest BCUT2D eigenvalue weighted by atomic mass is 9.78. The maximum absolute atomic E-state index is 13.2. The fourth-order valence-corrected chi connectivity index (χ4v) is 6.45. The molecule has 2 heterocycles. The lowest BCUT2D eigenvalue weighted by Gasteiger charge is -2.50. The molecule has 1 amide bonds. The summed E-state index contributed by atoms with van der Waals surface area (Å²) in [7, 11) is 0. The Labute approximate surface area is 195 Å². The third-order valence-corrected chi connectivity index (χ3v) is 7.58. The van der Waals surface area contributed by atoms with Crippen molar-refractivity contribution in [1.82, 2.24) is 0 Å². The maximum atomic E-state index is 13.2. The lowest BCUT2D eigenvalue weighted by molar-refractivity contribution is -0.113. The van der Waals surface area contributed by atoms with Crippen molar-refractivity contribution < 1.29 is 4.79 Å². The Morgan fingerprint density at radius 2 is 1.87 bits per heavy atom. The molecule has 1 fully saturated rings. The zero-order chi connectivity index (χ0) is 22.5. The molecule has 162 valence electrons. The van der Waals surface area contributed by atoms with Crippen molar-refractivity contribution in [1.29, 1.82) is 0 Å². The van der Waals surface area contributed by atoms with Crippen molar-refractivity contribution >= 4 is 51.7 Å². The number of carbonyl (C=O) groups is 1. The number of fused-ring (bicyclic) bond motifs is 1. The highest BCUT2D eigenvalue weighted by Gasteiger charge is 2.38. The number of hydrogen-bond acceptors (Lipinski definition) is 4. The van der Waals surface area contributed by atoms with Crippen molar-refractivity contribution in [2.75, 3.05) is 9.80 Å². The van der Waals surface area contributed by atoms with E-state index in [1.54, 1.807) is 4.90 Å². The van der Waals surface area contributed by atoms with Crippen LogP contribution in [0.1, 0.15) is 63.6 Å². The number of nitrogens with zero attached hydrogens (tertiary/aromatic N) is 2. The summed E-state index contributed by atoms with van der Waals surface area (Å²) in [5, 5.41) is 0. The van der Waals surface area contributed by atoms with Gasteiger partial charge in [0.25, 0.3) is 5.91 Å². The molecule has 0 radical (unpaired) electrons. The van der Waals surface area contributed by atoms with Crippen molar-refractivity contribution in [2.24, 2.45) is 0 Å². The topological polar surface area (TPSA) is 23.6 Å². The summed E-state index contributed by atoms with van der Waals surface area (Å²) in [6.07, 6.45) is 3.13. The Hall–Kier alpha value is -2.11. The molecule has 2 aromatic rings. The molecule has 0 aromatic heterocycles. The van der Waals surface area contributed by atoms with Gasteiger partial charge in [0.1, 0.15) is 0 Å². The number of anilines is 2.